The maximum atomic E-state index is 13.1. The molecule has 3 aromatic heterocycles. The number of nitrogens with one attached hydrogen (secondary N) is 1. The zero-order valence-corrected chi connectivity index (χ0v) is 14.7. The van der Waals surface area contributed by atoms with Crippen LogP contribution in [0.4, 0.5) is 0 Å². The van der Waals surface area contributed by atoms with E-state index < -0.39 is 11.1 Å². The Morgan fingerprint density at radius 2 is 1.71 bits per heavy atom. The third kappa shape index (κ3) is 2.19. The van der Waals surface area contributed by atoms with E-state index in [1.54, 1.807) is 24.3 Å². The normalized spacial score (nSPS) is 10.7. The Balaban J connectivity index is 2.24. The van der Waals surface area contributed by atoms with Gasteiger partial charge in [-0.2, -0.15) is 29.6 Å². The molecule has 0 spiro atoms. The number of benzene rings is 1. The van der Waals surface area contributed by atoms with E-state index in [2.05, 4.69) is 15.2 Å². The molecule has 0 unspecified atom stereocenters. The van der Waals surface area contributed by atoms with E-state index in [0.717, 1.165) is 9.03 Å². The summed E-state index contributed by atoms with van der Waals surface area (Å²) in [5.74, 6) is 0.568. The molecule has 0 radical (unpaired) electrons. The number of rotatable bonds is 2. The molecule has 28 heavy (non-hydrogen) atoms. The summed E-state index contributed by atoms with van der Waals surface area (Å²) in [5.41, 5.74) is -0.919. The second-order valence-corrected chi connectivity index (χ2v) is 5.88. The third-order valence-corrected chi connectivity index (χ3v) is 4.37. The molecule has 0 aliphatic carbocycles. The Labute approximate surface area is 156 Å². The molecule has 0 amide bonds. The second-order valence-electron chi connectivity index (χ2n) is 5.88. The van der Waals surface area contributed by atoms with Gasteiger partial charge in [0.05, 0.1) is 7.11 Å². The van der Waals surface area contributed by atoms with Crippen molar-refractivity contribution in [1.82, 2.24) is 24.2 Å². The highest BCUT2D eigenvalue weighted by molar-refractivity contribution is 5.82. The van der Waals surface area contributed by atoms with E-state index in [1.165, 1.54) is 14.0 Å². The van der Waals surface area contributed by atoms with Gasteiger partial charge < -0.3 is 4.74 Å². The van der Waals surface area contributed by atoms with Gasteiger partial charge in [0.1, 0.15) is 34.7 Å². The molecule has 4 aromatic rings. The van der Waals surface area contributed by atoms with Crippen LogP contribution in [-0.2, 0) is 0 Å². The van der Waals surface area contributed by atoms with Crippen molar-refractivity contribution in [2.75, 3.05) is 7.11 Å². The number of methoxy groups -OCH3 is 1. The number of aromatic amines is 1. The van der Waals surface area contributed by atoms with E-state index >= 15 is 0 Å². The van der Waals surface area contributed by atoms with E-state index in [-0.39, 0.29) is 33.8 Å². The maximum absolute atomic E-state index is 13.1. The van der Waals surface area contributed by atoms with Crippen LogP contribution < -0.4 is 15.9 Å². The van der Waals surface area contributed by atoms with Gasteiger partial charge in [0, 0.05) is 5.56 Å². The number of nitrogens with zero attached hydrogens (tertiary/aromatic N) is 6. The predicted octanol–water partition coefficient (Wildman–Crippen LogP) is 0.758. The van der Waals surface area contributed by atoms with E-state index in [9.17, 15) is 20.1 Å². The van der Waals surface area contributed by atoms with Crippen LogP contribution in [0.15, 0.2) is 33.9 Å². The minimum Gasteiger partial charge on any atom is -0.497 e. The molecular formula is C18H11N7O3. The highest BCUT2D eigenvalue weighted by Gasteiger charge is 2.24. The van der Waals surface area contributed by atoms with Crippen LogP contribution in [0.1, 0.15) is 16.8 Å². The molecule has 0 aliphatic heterocycles. The van der Waals surface area contributed by atoms with Crippen molar-refractivity contribution in [2.45, 2.75) is 6.92 Å². The van der Waals surface area contributed by atoms with Crippen molar-refractivity contribution >= 4 is 11.4 Å². The smallest absolute Gasteiger partial charge is 0.296 e. The maximum Gasteiger partial charge on any atom is 0.296 e. The molecule has 4 rings (SSSR count). The molecule has 0 saturated heterocycles. The Bertz CT molecular complexity index is 1460. The zero-order chi connectivity index (χ0) is 20.0. The fraction of sp³-hybridized carbons (Fsp3) is 0.111. The fourth-order valence-electron chi connectivity index (χ4n) is 3.03. The van der Waals surface area contributed by atoms with Gasteiger partial charge in [-0.25, -0.2) is 5.10 Å². The average Bonchev–Trinajstić information content (AvgIpc) is 3.11. The number of nitriles is 2. The standard InChI is InChI=1S/C18H11N7O3/c1-9-16(26)25-18(23-22-9)21-15-12(7-19)14(13(8-20)17(27)24(15)25)10-3-5-11(28-2)6-4-10/h3-6H,1-2H3,(H,21,23). The van der Waals surface area contributed by atoms with Crippen LogP contribution in [0.5, 0.6) is 5.75 Å². The van der Waals surface area contributed by atoms with Crippen LogP contribution in [0.3, 0.4) is 0 Å². The summed E-state index contributed by atoms with van der Waals surface area (Å²) in [6.07, 6.45) is 0. The van der Waals surface area contributed by atoms with Crippen molar-refractivity contribution in [3.63, 3.8) is 0 Å². The van der Waals surface area contributed by atoms with E-state index in [4.69, 9.17) is 4.74 Å². The summed E-state index contributed by atoms with van der Waals surface area (Å²) in [5, 5.41) is 25.8. The monoisotopic (exact) mass is 373 g/mol. The van der Waals surface area contributed by atoms with Gasteiger partial charge in [0.2, 0.25) is 5.78 Å². The minimum absolute atomic E-state index is 0.00419. The molecule has 10 nitrogen and oxygen atoms in total. The first-order chi connectivity index (χ1) is 13.5. The van der Waals surface area contributed by atoms with Gasteiger partial charge in [-0.05, 0) is 24.6 Å². The number of pyridine rings is 1. The van der Waals surface area contributed by atoms with Crippen molar-refractivity contribution < 1.29 is 4.74 Å². The predicted molar refractivity (Wildman–Crippen MR) is 97.0 cm³/mol. The summed E-state index contributed by atoms with van der Waals surface area (Å²) >= 11 is 0. The van der Waals surface area contributed by atoms with Gasteiger partial charge in [-0.1, -0.05) is 12.1 Å². The Hall–Kier alpha value is -4.44. The zero-order valence-electron chi connectivity index (χ0n) is 14.7. The number of fused-ring (bicyclic) bond motifs is 3. The topological polar surface area (TPSA) is 141 Å². The quantitative estimate of drug-likeness (QED) is 0.546. The van der Waals surface area contributed by atoms with Gasteiger partial charge in [-0.3, -0.25) is 9.59 Å². The summed E-state index contributed by atoms with van der Waals surface area (Å²) in [7, 11) is 1.51. The van der Waals surface area contributed by atoms with Gasteiger partial charge in [0.15, 0.2) is 5.65 Å². The van der Waals surface area contributed by atoms with Gasteiger partial charge >= 0.3 is 0 Å². The van der Waals surface area contributed by atoms with Crippen LogP contribution in [0, 0.1) is 29.6 Å². The van der Waals surface area contributed by atoms with Crippen molar-refractivity contribution in [2.24, 2.45) is 0 Å². The molecule has 3 heterocycles. The lowest BCUT2D eigenvalue weighted by molar-refractivity contribution is 0.415. The van der Waals surface area contributed by atoms with E-state index in [0.29, 0.717) is 11.3 Å². The number of hydrogen-bond donors (Lipinski definition) is 1. The van der Waals surface area contributed by atoms with Crippen LogP contribution in [-0.4, -0.2) is 31.3 Å². The molecule has 0 saturated carbocycles. The highest BCUT2D eigenvalue weighted by Crippen LogP contribution is 2.29. The second kappa shape index (κ2) is 6.07. The number of aromatic nitrogens is 5. The first-order valence-corrected chi connectivity index (χ1v) is 8.03. The molecule has 1 N–H and O–H groups in total. The molecule has 10 heteroatoms. The Morgan fingerprint density at radius 1 is 1.04 bits per heavy atom. The summed E-state index contributed by atoms with van der Waals surface area (Å²) in [6.45, 7) is 1.47. The molecule has 136 valence electrons. The number of aryl methyl sites for hydroxylation is 1. The molecule has 0 aliphatic rings. The first kappa shape index (κ1) is 17.0. The first-order valence-electron chi connectivity index (χ1n) is 8.03. The van der Waals surface area contributed by atoms with E-state index in [1.807, 2.05) is 12.1 Å². The number of hydrogen-bond acceptors (Lipinski definition) is 7. The van der Waals surface area contributed by atoms with Crippen molar-refractivity contribution in [3.05, 3.63) is 61.8 Å². The van der Waals surface area contributed by atoms with Crippen LogP contribution in [0.2, 0.25) is 0 Å². The Kier molecular flexibility index (Phi) is 3.69. The summed E-state index contributed by atoms with van der Waals surface area (Å²) < 4.78 is 7.01. The third-order valence-electron chi connectivity index (χ3n) is 4.37. The number of H-pyrrole nitrogens is 1. The fourth-order valence-corrected chi connectivity index (χ4v) is 3.03. The van der Waals surface area contributed by atoms with Crippen LogP contribution >= 0.6 is 0 Å². The largest absolute Gasteiger partial charge is 0.497 e. The highest BCUT2D eigenvalue weighted by atomic mass is 16.5. The number of ether oxygens (including phenoxy) is 1. The lowest BCUT2D eigenvalue weighted by Crippen LogP contribution is -2.29. The van der Waals surface area contributed by atoms with Crippen molar-refractivity contribution in [3.8, 4) is 29.0 Å². The SMILES string of the molecule is COc1ccc(-c2c(C#N)c(=O)n3c(nc4[nH]nc(C)c(=O)n43)c2C#N)cc1. The molecule has 0 atom stereocenters. The molecule has 1 aromatic carbocycles. The van der Waals surface area contributed by atoms with Crippen LogP contribution in [0.25, 0.3) is 22.6 Å². The lowest BCUT2D eigenvalue weighted by Gasteiger charge is -2.09. The summed E-state index contributed by atoms with van der Waals surface area (Å²) in [4.78, 5) is 29.7. The molecule has 0 bridgehead atoms. The Morgan fingerprint density at radius 3 is 2.32 bits per heavy atom. The minimum atomic E-state index is -0.758. The van der Waals surface area contributed by atoms with Crippen molar-refractivity contribution in [1.29, 1.82) is 10.5 Å². The molecule has 0 fully saturated rings. The summed E-state index contributed by atoms with van der Waals surface area (Å²) in [6, 6.07) is 10.5. The van der Waals surface area contributed by atoms with Gasteiger partial charge in [0.25, 0.3) is 11.1 Å². The lowest BCUT2D eigenvalue weighted by atomic mass is 9.97. The molecular weight excluding hydrogens is 362 g/mol. The van der Waals surface area contributed by atoms with Gasteiger partial charge in [-0.15, -0.1) is 0 Å². The average molecular weight is 373 g/mol.